The Bertz CT molecular complexity index is 1010. The number of anilines is 1. The van der Waals surface area contributed by atoms with Crippen molar-refractivity contribution >= 4 is 11.5 Å². The molecule has 0 aliphatic carbocycles. The molecule has 2 aromatic carbocycles. The van der Waals surface area contributed by atoms with E-state index in [4.69, 9.17) is 9.84 Å². The molecule has 0 fully saturated rings. The summed E-state index contributed by atoms with van der Waals surface area (Å²) in [5.41, 5.74) is 2.69. The van der Waals surface area contributed by atoms with Crippen LogP contribution in [0, 0.1) is 0 Å². The summed E-state index contributed by atoms with van der Waals surface area (Å²) >= 11 is 0. The first kappa shape index (κ1) is 17.1. The molecule has 0 unspecified atom stereocenters. The minimum Gasteiger partial charge on any atom is -0.457 e. The first-order valence-corrected chi connectivity index (χ1v) is 8.86. The summed E-state index contributed by atoms with van der Waals surface area (Å²) in [6, 6.07) is 21.4. The Balaban J connectivity index is 1.57. The Morgan fingerprint density at radius 3 is 2.48 bits per heavy atom. The van der Waals surface area contributed by atoms with Crippen molar-refractivity contribution in [3.05, 3.63) is 72.9 Å². The lowest BCUT2D eigenvalue weighted by Gasteiger charge is -2.08. The molecule has 0 aliphatic heterocycles. The number of aromatic nitrogens is 3. The molecule has 4 aromatic rings. The maximum atomic E-state index is 8.91. The van der Waals surface area contributed by atoms with Crippen LogP contribution in [0.4, 0.5) is 5.82 Å². The van der Waals surface area contributed by atoms with Gasteiger partial charge in [0.15, 0.2) is 5.65 Å². The number of benzene rings is 2. The Morgan fingerprint density at radius 1 is 0.926 bits per heavy atom. The maximum absolute atomic E-state index is 8.91. The molecular formula is C21H20N4O2. The molecule has 0 radical (unpaired) electrons. The highest BCUT2D eigenvalue weighted by molar-refractivity contribution is 5.64. The van der Waals surface area contributed by atoms with Gasteiger partial charge in [-0.2, -0.15) is 0 Å². The number of aliphatic hydroxyl groups excluding tert-OH is 1. The lowest BCUT2D eigenvalue weighted by molar-refractivity contribution is 0.292. The van der Waals surface area contributed by atoms with Gasteiger partial charge in [0.25, 0.3) is 0 Å². The van der Waals surface area contributed by atoms with Crippen LogP contribution in [0.25, 0.3) is 16.9 Å². The Hall–Kier alpha value is -3.38. The molecule has 6 nitrogen and oxygen atoms in total. The van der Waals surface area contributed by atoms with Gasteiger partial charge < -0.3 is 15.2 Å². The van der Waals surface area contributed by atoms with E-state index < -0.39 is 0 Å². The van der Waals surface area contributed by atoms with Crippen LogP contribution in [0.15, 0.2) is 72.9 Å². The number of imidazole rings is 1. The zero-order valence-electron chi connectivity index (χ0n) is 14.7. The molecule has 0 atom stereocenters. The predicted molar refractivity (Wildman–Crippen MR) is 105 cm³/mol. The van der Waals surface area contributed by atoms with Crippen molar-refractivity contribution in [1.29, 1.82) is 0 Å². The van der Waals surface area contributed by atoms with Crippen molar-refractivity contribution in [3.63, 3.8) is 0 Å². The third-order valence-corrected chi connectivity index (χ3v) is 4.13. The van der Waals surface area contributed by atoms with Crippen LogP contribution in [-0.4, -0.2) is 32.9 Å². The molecule has 0 amide bonds. The third kappa shape index (κ3) is 3.91. The van der Waals surface area contributed by atoms with Crippen LogP contribution in [0.5, 0.6) is 11.5 Å². The summed E-state index contributed by atoms with van der Waals surface area (Å²) in [6.07, 6.45) is 2.49. The number of hydrogen-bond donors (Lipinski definition) is 2. The Morgan fingerprint density at radius 2 is 1.70 bits per heavy atom. The van der Waals surface area contributed by atoms with E-state index in [1.807, 2.05) is 77.4 Å². The van der Waals surface area contributed by atoms with Gasteiger partial charge in [-0.3, -0.25) is 0 Å². The molecule has 136 valence electrons. The van der Waals surface area contributed by atoms with Gasteiger partial charge in [-0.1, -0.05) is 18.2 Å². The van der Waals surface area contributed by atoms with Gasteiger partial charge in [-0.05, 0) is 55.0 Å². The molecule has 0 bridgehead atoms. The second kappa shape index (κ2) is 7.88. The van der Waals surface area contributed by atoms with Gasteiger partial charge in [-0.15, -0.1) is 5.10 Å². The van der Waals surface area contributed by atoms with Crippen molar-refractivity contribution in [2.45, 2.75) is 6.42 Å². The number of para-hydroxylation sites is 1. The van der Waals surface area contributed by atoms with Crippen LogP contribution >= 0.6 is 0 Å². The standard InChI is InChI=1S/C21H20N4O2/c26-14-4-13-22-20-11-12-21-23-15-19(25(21)24-20)16-7-9-18(10-8-16)27-17-5-2-1-3-6-17/h1-3,5-12,15,26H,4,13-14H2,(H,22,24). The zero-order valence-corrected chi connectivity index (χ0v) is 14.7. The first-order chi connectivity index (χ1) is 13.3. The van der Waals surface area contributed by atoms with E-state index >= 15 is 0 Å². The molecule has 0 saturated carbocycles. The summed E-state index contributed by atoms with van der Waals surface area (Å²) in [5.74, 6) is 2.33. The van der Waals surface area contributed by atoms with Crippen molar-refractivity contribution < 1.29 is 9.84 Å². The highest BCUT2D eigenvalue weighted by Gasteiger charge is 2.08. The van der Waals surface area contributed by atoms with E-state index in [1.54, 1.807) is 0 Å². The summed E-state index contributed by atoms with van der Waals surface area (Å²) in [5, 5.41) is 16.7. The Kier molecular flexibility index (Phi) is 4.98. The van der Waals surface area contributed by atoms with Gasteiger partial charge in [0, 0.05) is 18.7 Å². The minimum atomic E-state index is 0.156. The highest BCUT2D eigenvalue weighted by atomic mass is 16.5. The maximum Gasteiger partial charge on any atom is 0.154 e. The van der Waals surface area contributed by atoms with Gasteiger partial charge in [0.05, 0.1) is 11.9 Å². The van der Waals surface area contributed by atoms with Gasteiger partial charge in [0.1, 0.15) is 17.3 Å². The number of aliphatic hydroxyl groups is 1. The number of ether oxygens (including phenoxy) is 1. The van der Waals surface area contributed by atoms with Gasteiger partial charge in [-0.25, -0.2) is 9.50 Å². The van der Waals surface area contributed by atoms with E-state index in [1.165, 1.54) is 0 Å². The third-order valence-electron chi connectivity index (χ3n) is 4.13. The van der Waals surface area contributed by atoms with E-state index in [9.17, 15) is 0 Å². The largest absolute Gasteiger partial charge is 0.457 e. The van der Waals surface area contributed by atoms with Gasteiger partial charge >= 0.3 is 0 Å². The van der Waals surface area contributed by atoms with Crippen LogP contribution in [0.2, 0.25) is 0 Å². The summed E-state index contributed by atoms with van der Waals surface area (Å²) < 4.78 is 7.66. The molecule has 27 heavy (non-hydrogen) atoms. The van der Waals surface area contributed by atoms with Crippen molar-refractivity contribution in [3.8, 4) is 22.8 Å². The van der Waals surface area contributed by atoms with Gasteiger partial charge in [0.2, 0.25) is 0 Å². The lowest BCUT2D eigenvalue weighted by Crippen LogP contribution is -2.07. The van der Waals surface area contributed by atoms with Crippen LogP contribution < -0.4 is 10.1 Å². The zero-order chi connectivity index (χ0) is 18.5. The molecule has 2 aromatic heterocycles. The average molecular weight is 360 g/mol. The predicted octanol–water partition coefficient (Wildman–Crippen LogP) is 3.98. The smallest absolute Gasteiger partial charge is 0.154 e. The van der Waals surface area contributed by atoms with Crippen LogP contribution in [0.3, 0.4) is 0 Å². The fourth-order valence-corrected chi connectivity index (χ4v) is 2.78. The second-order valence-electron chi connectivity index (χ2n) is 6.08. The fraction of sp³-hybridized carbons (Fsp3) is 0.143. The first-order valence-electron chi connectivity index (χ1n) is 8.86. The molecule has 2 N–H and O–H groups in total. The number of nitrogens with one attached hydrogen (secondary N) is 1. The van der Waals surface area contributed by atoms with Crippen molar-refractivity contribution in [1.82, 2.24) is 14.6 Å². The molecule has 4 rings (SSSR count). The monoisotopic (exact) mass is 360 g/mol. The number of rotatable bonds is 7. The number of hydrogen-bond acceptors (Lipinski definition) is 5. The number of nitrogens with zero attached hydrogens (tertiary/aromatic N) is 3. The van der Waals surface area contributed by atoms with Crippen LogP contribution in [-0.2, 0) is 0 Å². The quantitative estimate of drug-likeness (QED) is 0.488. The molecule has 0 spiro atoms. The molecular weight excluding hydrogens is 340 g/mol. The summed E-state index contributed by atoms with van der Waals surface area (Å²) in [7, 11) is 0. The number of fused-ring (bicyclic) bond motifs is 1. The molecule has 0 saturated heterocycles. The minimum absolute atomic E-state index is 0.156. The molecule has 2 heterocycles. The second-order valence-corrected chi connectivity index (χ2v) is 6.08. The highest BCUT2D eigenvalue weighted by Crippen LogP contribution is 2.26. The van der Waals surface area contributed by atoms with Crippen molar-refractivity contribution in [2.24, 2.45) is 0 Å². The normalized spacial score (nSPS) is 10.9. The van der Waals surface area contributed by atoms with Crippen molar-refractivity contribution in [2.75, 3.05) is 18.5 Å². The molecule has 6 heteroatoms. The lowest BCUT2D eigenvalue weighted by atomic mass is 10.1. The molecule has 0 aliphatic rings. The van der Waals surface area contributed by atoms with E-state index in [0.29, 0.717) is 13.0 Å². The SMILES string of the molecule is OCCCNc1ccc2ncc(-c3ccc(Oc4ccccc4)cc3)n2n1. The van der Waals surface area contributed by atoms with E-state index in [2.05, 4.69) is 15.4 Å². The Labute approximate surface area is 157 Å². The fourth-order valence-electron chi connectivity index (χ4n) is 2.78. The topological polar surface area (TPSA) is 71.7 Å². The summed E-state index contributed by atoms with van der Waals surface area (Å²) in [6.45, 7) is 0.827. The van der Waals surface area contributed by atoms with E-state index in [0.717, 1.165) is 34.2 Å². The van der Waals surface area contributed by atoms with E-state index in [-0.39, 0.29) is 6.61 Å². The average Bonchev–Trinajstić information content (AvgIpc) is 3.13. The summed E-state index contributed by atoms with van der Waals surface area (Å²) in [4.78, 5) is 4.42. The van der Waals surface area contributed by atoms with Crippen LogP contribution in [0.1, 0.15) is 6.42 Å².